The number of amides is 1. The SMILES string of the molecule is CC(C)(C)OC(=O)NC1(C(F)(F)CCN)CCOC1. The Kier molecular flexibility index (Phi) is 4.73. The zero-order valence-electron chi connectivity index (χ0n) is 11.6. The minimum absolute atomic E-state index is 0.0409. The topological polar surface area (TPSA) is 73.6 Å². The third-order valence-electron chi connectivity index (χ3n) is 2.92. The van der Waals surface area contributed by atoms with Gasteiger partial charge in [-0.25, -0.2) is 13.6 Å². The van der Waals surface area contributed by atoms with E-state index < -0.39 is 29.6 Å². The molecule has 1 rings (SSSR count). The second-order valence-electron chi connectivity index (χ2n) is 5.75. The van der Waals surface area contributed by atoms with Gasteiger partial charge in [-0.15, -0.1) is 0 Å². The van der Waals surface area contributed by atoms with Crippen molar-refractivity contribution in [2.24, 2.45) is 5.73 Å². The Morgan fingerprint density at radius 2 is 2.11 bits per heavy atom. The van der Waals surface area contributed by atoms with Crippen LogP contribution in [-0.2, 0) is 9.47 Å². The Labute approximate surface area is 111 Å². The summed E-state index contributed by atoms with van der Waals surface area (Å²) in [7, 11) is 0. The molecule has 0 aromatic carbocycles. The Bertz CT molecular complexity index is 323. The molecule has 7 heteroatoms. The largest absolute Gasteiger partial charge is 0.444 e. The first kappa shape index (κ1) is 16.1. The maximum atomic E-state index is 14.1. The lowest BCUT2D eigenvalue weighted by Crippen LogP contribution is -2.62. The van der Waals surface area contributed by atoms with Crippen molar-refractivity contribution in [3.63, 3.8) is 0 Å². The van der Waals surface area contributed by atoms with Crippen molar-refractivity contribution in [2.45, 2.75) is 50.7 Å². The van der Waals surface area contributed by atoms with E-state index in [0.29, 0.717) is 0 Å². The molecule has 112 valence electrons. The number of nitrogens with two attached hydrogens (primary N) is 1. The van der Waals surface area contributed by atoms with Gasteiger partial charge in [0.2, 0.25) is 0 Å². The van der Waals surface area contributed by atoms with E-state index in [1.54, 1.807) is 20.8 Å². The van der Waals surface area contributed by atoms with Gasteiger partial charge in [-0.2, -0.15) is 0 Å². The van der Waals surface area contributed by atoms with Crippen molar-refractivity contribution in [1.29, 1.82) is 0 Å². The van der Waals surface area contributed by atoms with E-state index in [1.165, 1.54) is 0 Å². The number of hydrogen-bond acceptors (Lipinski definition) is 4. The zero-order chi connectivity index (χ0) is 14.7. The highest BCUT2D eigenvalue weighted by atomic mass is 19.3. The molecule has 1 aliphatic heterocycles. The van der Waals surface area contributed by atoms with Crippen LogP contribution in [0.5, 0.6) is 0 Å². The summed E-state index contributed by atoms with van der Waals surface area (Å²) in [5.41, 5.74) is 2.74. The number of alkyl halides is 2. The smallest absolute Gasteiger partial charge is 0.408 e. The Balaban J connectivity index is 2.80. The fourth-order valence-electron chi connectivity index (χ4n) is 1.96. The van der Waals surface area contributed by atoms with E-state index in [-0.39, 0.29) is 26.2 Å². The summed E-state index contributed by atoms with van der Waals surface area (Å²) < 4.78 is 38.4. The van der Waals surface area contributed by atoms with Gasteiger partial charge in [0.15, 0.2) is 0 Å². The lowest BCUT2D eigenvalue weighted by atomic mass is 9.88. The standard InChI is InChI=1S/C12H22F2N2O3/c1-10(2,3)19-9(17)16-11(5-7-18-8-11)12(13,14)4-6-15/h4-8,15H2,1-3H3,(H,16,17). The molecule has 1 atom stereocenters. The molecule has 0 saturated carbocycles. The quantitative estimate of drug-likeness (QED) is 0.821. The van der Waals surface area contributed by atoms with Crippen molar-refractivity contribution < 1.29 is 23.0 Å². The van der Waals surface area contributed by atoms with E-state index in [1.807, 2.05) is 0 Å². The number of rotatable bonds is 4. The molecule has 5 nitrogen and oxygen atoms in total. The van der Waals surface area contributed by atoms with E-state index >= 15 is 0 Å². The fraction of sp³-hybridized carbons (Fsp3) is 0.917. The van der Waals surface area contributed by atoms with Gasteiger partial charge in [0.1, 0.15) is 11.1 Å². The Morgan fingerprint density at radius 3 is 2.53 bits per heavy atom. The molecule has 1 amide bonds. The average Bonchev–Trinajstić information content (AvgIpc) is 2.64. The summed E-state index contributed by atoms with van der Waals surface area (Å²) in [5.74, 6) is -3.13. The van der Waals surface area contributed by atoms with E-state index in [0.717, 1.165) is 0 Å². The van der Waals surface area contributed by atoms with Crippen LogP contribution in [0.2, 0.25) is 0 Å². The summed E-state index contributed by atoms with van der Waals surface area (Å²) in [6.45, 7) is 4.78. The number of carbonyl (C=O) groups is 1. The van der Waals surface area contributed by atoms with E-state index in [2.05, 4.69) is 5.32 Å². The molecule has 1 heterocycles. The van der Waals surface area contributed by atoms with Crippen LogP contribution in [0.15, 0.2) is 0 Å². The predicted octanol–water partition coefficient (Wildman–Crippen LogP) is 1.65. The first-order valence-electron chi connectivity index (χ1n) is 6.29. The maximum Gasteiger partial charge on any atom is 0.408 e. The van der Waals surface area contributed by atoms with Gasteiger partial charge in [-0.3, -0.25) is 0 Å². The normalized spacial score (nSPS) is 24.3. The molecule has 0 radical (unpaired) electrons. The zero-order valence-corrected chi connectivity index (χ0v) is 11.6. The second kappa shape index (κ2) is 5.58. The molecule has 0 aromatic heterocycles. The van der Waals surface area contributed by atoms with Gasteiger partial charge in [-0.1, -0.05) is 0 Å². The number of ether oxygens (including phenoxy) is 2. The van der Waals surface area contributed by atoms with Gasteiger partial charge in [0.05, 0.1) is 6.61 Å². The number of nitrogens with one attached hydrogen (secondary N) is 1. The van der Waals surface area contributed by atoms with Crippen LogP contribution in [0.4, 0.5) is 13.6 Å². The molecular formula is C12H22F2N2O3. The lowest BCUT2D eigenvalue weighted by molar-refractivity contribution is -0.0964. The third kappa shape index (κ3) is 4.01. The third-order valence-corrected chi connectivity index (χ3v) is 2.92. The maximum absolute atomic E-state index is 14.1. The summed E-state index contributed by atoms with van der Waals surface area (Å²) in [6.07, 6.45) is -1.33. The second-order valence-corrected chi connectivity index (χ2v) is 5.75. The number of alkyl carbamates (subject to hydrolysis) is 1. The summed E-state index contributed by atoms with van der Waals surface area (Å²) in [6, 6.07) is 0. The van der Waals surface area contributed by atoms with Crippen LogP contribution in [0.1, 0.15) is 33.6 Å². The van der Waals surface area contributed by atoms with Crippen LogP contribution in [-0.4, -0.2) is 42.9 Å². The molecule has 0 aliphatic carbocycles. The van der Waals surface area contributed by atoms with Gasteiger partial charge in [0.25, 0.3) is 5.92 Å². The van der Waals surface area contributed by atoms with E-state index in [9.17, 15) is 13.6 Å². The Hall–Kier alpha value is -0.950. The average molecular weight is 280 g/mol. The molecule has 1 fully saturated rings. The minimum Gasteiger partial charge on any atom is -0.444 e. The van der Waals surface area contributed by atoms with Crippen LogP contribution in [0, 0.1) is 0 Å². The minimum atomic E-state index is -3.13. The predicted molar refractivity (Wildman–Crippen MR) is 66.2 cm³/mol. The van der Waals surface area contributed by atoms with Crippen molar-refractivity contribution in [1.82, 2.24) is 5.32 Å². The molecule has 1 unspecified atom stereocenters. The highest BCUT2D eigenvalue weighted by molar-refractivity contribution is 5.69. The summed E-state index contributed by atoms with van der Waals surface area (Å²) in [5, 5.41) is 2.28. The molecular weight excluding hydrogens is 258 g/mol. The van der Waals surface area contributed by atoms with Crippen LogP contribution in [0.3, 0.4) is 0 Å². The Morgan fingerprint density at radius 1 is 1.47 bits per heavy atom. The molecule has 0 aromatic rings. The van der Waals surface area contributed by atoms with Gasteiger partial charge in [0, 0.05) is 19.4 Å². The molecule has 19 heavy (non-hydrogen) atoms. The molecule has 3 N–H and O–H groups in total. The van der Waals surface area contributed by atoms with Crippen molar-refractivity contribution in [2.75, 3.05) is 19.8 Å². The van der Waals surface area contributed by atoms with E-state index in [4.69, 9.17) is 15.2 Å². The van der Waals surface area contributed by atoms with Gasteiger partial charge in [-0.05, 0) is 27.3 Å². The first-order valence-corrected chi connectivity index (χ1v) is 6.29. The fourth-order valence-corrected chi connectivity index (χ4v) is 1.96. The van der Waals surface area contributed by atoms with Gasteiger partial charge >= 0.3 is 6.09 Å². The molecule has 0 bridgehead atoms. The molecule has 0 spiro atoms. The molecule has 1 saturated heterocycles. The highest BCUT2D eigenvalue weighted by Gasteiger charge is 2.56. The van der Waals surface area contributed by atoms with Crippen molar-refractivity contribution >= 4 is 6.09 Å². The van der Waals surface area contributed by atoms with Crippen molar-refractivity contribution in [3.05, 3.63) is 0 Å². The van der Waals surface area contributed by atoms with Crippen LogP contribution in [0.25, 0.3) is 0 Å². The summed E-state index contributed by atoms with van der Waals surface area (Å²) in [4.78, 5) is 11.7. The number of carbonyl (C=O) groups excluding carboxylic acids is 1. The monoisotopic (exact) mass is 280 g/mol. The number of hydrogen-bond donors (Lipinski definition) is 2. The van der Waals surface area contributed by atoms with Crippen molar-refractivity contribution in [3.8, 4) is 0 Å². The lowest BCUT2D eigenvalue weighted by Gasteiger charge is -2.37. The van der Waals surface area contributed by atoms with Gasteiger partial charge < -0.3 is 20.5 Å². The molecule has 1 aliphatic rings. The first-order chi connectivity index (χ1) is 8.62. The van der Waals surface area contributed by atoms with Crippen LogP contribution < -0.4 is 11.1 Å². The highest BCUT2D eigenvalue weighted by Crippen LogP contribution is 2.38. The van der Waals surface area contributed by atoms with Crippen LogP contribution >= 0.6 is 0 Å². The number of halogens is 2. The summed E-state index contributed by atoms with van der Waals surface area (Å²) >= 11 is 0.